The van der Waals surface area contributed by atoms with Gasteiger partial charge in [0.2, 0.25) is 12.4 Å². The Bertz CT molecular complexity index is 2690. The number of esters is 5. The first kappa shape index (κ1) is 42.7. The average molecular weight is 872 g/mol. The van der Waals surface area contributed by atoms with E-state index >= 15 is 0 Å². The lowest BCUT2D eigenvalue weighted by Gasteiger charge is -2.42. The van der Waals surface area contributed by atoms with E-state index in [1.807, 2.05) is 0 Å². The van der Waals surface area contributed by atoms with E-state index in [2.05, 4.69) is 0 Å². The quantitative estimate of drug-likeness (QED) is 0.0865. The Labute approximate surface area is 357 Å². The summed E-state index contributed by atoms with van der Waals surface area (Å²) in [4.78, 5) is 92.5. The van der Waals surface area contributed by atoms with Gasteiger partial charge in [-0.05, 0) is 61.1 Å². The van der Waals surface area contributed by atoms with Crippen LogP contribution in [0.15, 0.2) is 41.2 Å². The zero-order valence-electron chi connectivity index (χ0n) is 34.6. The molecule has 1 fully saturated rings. The van der Waals surface area contributed by atoms with E-state index in [1.165, 1.54) is 18.2 Å². The Hall–Kier alpha value is -6.93. The predicted octanol–water partition coefficient (Wildman–Crippen LogP) is 3.13. The molecule has 20 nitrogen and oxygen atoms in total. The van der Waals surface area contributed by atoms with E-state index < -0.39 is 76.8 Å². The first-order valence-electron chi connectivity index (χ1n) is 20.0. The normalized spacial score (nSPS) is 23.0. The molecule has 0 spiro atoms. The van der Waals surface area contributed by atoms with Crippen molar-refractivity contribution in [1.29, 1.82) is 0 Å². The van der Waals surface area contributed by atoms with Crippen LogP contribution in [0.25, 0.3) is 22.3 Å². The molecule has 2 aromatic carbocycles. The minimum atomic E-state index is -1.95. The molecule has 2 aromatic heterocycles. The highest BCUT2D eigenvalue weighted by molar-refractivity contribution is 5.93. The van der Waals surface area contributed by atoms with Gasteiger partial charge in [0.25, 0.3) is 5.56 Å². The van der Waals surface area contributed by atoms with E-state index in [0.29, 0.717) is 41.1 Å². The van der Waals surface area contributed by atoms with Gasteiger partial charge in [0.1, 0.15) is 19.0 Å². The van der Waals surface area contributed by atoms with Crippen LogP contribution >= 0.6 is 0 Å². The molecule has 20 heteroatoms. The van der Waals surface area contributed by atoms with Crippen LogP contribution in [-0.4, -0.2) is 87.2 Å². The number of carbonyl (C=O) groups is 5. The highest BCUT2D eigenvalue weighted by atomic mass is 16.7. The zero-order valence-corrected chi connectivity index (χ0v) is 34.6. The SMILES string of the molecule is CC[C@@]1(O)C(=O)OCc2c1cc1n(c2=O)Cc2c-1nc1ccc(OCc3ccc(O[C@@H]4OC(C(=O)OC)[C@@H](OC(C)=O)C(OC(C)=O)[C@@H]4OC(C)=O)c([N+](=O)[O-])c3)c3c1c2CCC3. The number of pyridine rings is 2. The molecule has 330 valence electrons. The summed E-state index contributed by atoms with van der Waals surface area (Å²) in [6, 6.07) is 9.19. The standard InChI is InChI=1S/C43H41N3O17/c1-6-43(53)27-15-30-34-25(16-45(30)39(50)26(27)18-58-42(43)52)23-8-7-9-24-31(13-11-28(44-34)33(23)24)57-17-22-10-12-32(29(14-22)46(54)55)62-41-38(61-21(4)49)36(60-20(3)48)35(59-19(2)47)37(63-41)40(51)56-5/h10-15,35-38,41,53H,6-9,16-18H2,1-5H3/t35-,36?,37?,38-,41+,43-/m0/s1. The van der Waals surface area contributed by atoms with Crippen LogP contribution in [0, 0.1) is 10.1 Å². The number of cyclic esters (lactones) is 1. The van der Waals surface area contributed by atoms with Crippen LogP contribution in [-0.2, 0) is 90.6 Å². The van der Waals surface area contributed by atoms with Gasteiger partial charge in [0.05, 0.1) is 41.0 Å². The molecule has 6 atom stereocenters. The first-order valence-corrected chi connectivity index (χ1v) is 20.0. The molecule has 8 rings (SSSR count). The van der Waals surface area contributed by atoms with E-state index in [1.54, 1.807) is 29.7 Å². The van der Waals surface area contributed by atoms with Crippen molar-refractivity contribution in [2.24, 2.45) is 0 Å². The monoisotopic (exact) mass is 871 g/mol. The number of hydrogen-bond donors (Lipinski definition) is 1. The molecule has 1 aliphatic carbocycles. The number of benzene rings is 2. The Balaban J connectivity index is 1.08. The van der Waals surface area contributed by atoms with Crippen molar-refractivity contribution in [3.8, 4) is 22.9 Å². The fourth-order valence-electron chi connectivity index (χ4n) is 8.78. The van der Waals surface area contributed by atoms with Gasteiger partial charge in [-0.1, -0.05) is 13.0 Å². The highest BCUT2D eigenvalue weighted by Crippen LogP contribution is 2.44. The van der Waals surface area contributed by atoms with Crippen LogP contribution in [0.2, 0.25) is 0 Å². The summed E-state index contributed by atoms with van der Waals surface area (Å²) < 4.78 is 45.6. The molecule has 4 aromatic rings. The Morgan fingerprint density at radius 1 is 0.921 bits per heavy atom. The predicted molar refractivity (Wildman–Crippen MR) is 212 cm³/mol. The number of hydrogen-bond acceptors (Lipinski definition) is 18. The molecule has 1 saturated heterocycles. The molecule has 0 saturated carbocycles. The van der Waals surface area contributed by atoms with Crippen molar-refractivity contribution in [2.75, 3.05) is 7.11 Å². The van der Waals surface area contributed by atoms with Crippen molar-refractivity contribution < 1.29 is 71.9 Å². The van der Waals surface area contributed by atoms with Crippen LogP contribution < -0.4 is 15.0 Å². The van der Waals surface area contributed by atoms with Gasteiger partial charge in [-0.3, -0.25) is 29.3 Å². The van der Waals surface area contributed by atoms with E-state index in [-0.39, 0.29) is 48.6 Å². The lowest BCUT2D eigenvalue weighted by molar-refractivity contribution is -0.387. The lowest BCUT2D eigenvalue weighted by atomic mass is 9.85. The minimum Gasteiger partial charge on any atom is -0.489 e. The fraction of sp³-hybridized carbons (Fsp3) is 0.419. The van der Waals surface area contributed by atoms with Crippen molar-refractivity contribution in [2.45, 2.75) is 109 Å². The Kier molecular flexibility index (Phi) is 11.1. The zero-order chi connectivity index (χ0) is 45.1. The number of aromatic nitrogens is 2. The average Bonchev–Trinajstić information content (AvgIpc) is 3.62. The van der Waals surface area contributed by atoms with Crippen LogP contribution in [0.1, 0.15) is 73.9 Å². The van der Waals surface area contributed by atoms with Crippen molar-refractivity contribution in [3.63, 3.8) is 0 Å². The summed E-state index contributed by atoms with van der Waals surface area (Å²) in [6.45, 7) is 4.61. The van der Waals surface area contributed by atoms with E-state index in [9.17, 15) is 44.0 Å². The molecular formula is C43H41N3O17. The summed E-state index contributed by atoms with van der Waals surface area (Å²) in [5.41, 5.74) is 2.44. The van der Waals surface area contributed by atoms with Crippen molar-refractivity contribution >= 4 is 46.4 Å². The molecule has 0 radical (unpaired) electrons. The van der Waals surface area contributed by atoms with Crippen molar-refractivity contribution in [1.82, 2.24) is 9.55 Å². The number of ether oxygens (including phenoxy) is 8. The topological polar surface area (TPSA) is 257 Å². The molecule has 2 unspecified atom stereocenters. The third-order valence-corrected chi connectivity index (χ3v) is 11.6. The summed E-state index contributed by atoms with van der Waals surface area (Å²) >= 11 is 0. The van der Waals surface area contributed by atoms with Crippen molar-refractivity contribution in [3.05, 3.63) is 90.2 Å². The minimum absolute atomic E-state index is 0.0225. The summed E-state index contributed by atoms with van der Waals surface area (Å²) in [6.07, 6.45) is -6.50. The number of methoxy groups -OCH3 is 1. The van der Waals surface area contributed by atoms with Gasteiger partial charge in [-0.2, -0.15) is 0 Å². The lowest BCUT2D eigenvalue weighted by Crippen LogP contribution is -2.64. The van der Waals surface area contributed by atoms with Gasteiger partial charge in [0, 0.05) is 48.9 Å². The fourth-order valence-corrected chi connectivity index (χ4v) is 8.78. The molecule has 0 amide bonds. The molecule has 5 heterocycles. The number of nitro benzene ring substituents is 1. The van der Waals surface area contributed by atoms with Gasteiger partial charge < -0.3 is 47.6 Å². The number of aliphatic hydroxyl groups is 1. The second kappa shape index (κ2) is 16.4. The summed E-state index contributed by atoms with van der Waals surface area (Å²) in [7, 11) is 1.02. The molecule has 0 bridgehead atoms. The molecular weight excluding hydrogens is 830 g/mol. The first-order chi connectivity index (χ1) is 30.0. The third kappa shape index (κ3) is 7.47. The Morgan fingerprint density at radius 2 is 1.60 bits per heavy atom. The van der Waals surface area contributed by atoms with Gasteiger partial charge >= 0.3 is 35.5 Å². The number of rotatable bonds is 11. The summed E-state index contributed by atoms with van der Waals surface area (Å²) in [5.74, 6) is -4.46. The van der Waals surface area contributed by atoms with Gasteiger partial charge in [-0.25, -0.2) is 14.6 Å². The number of nitrogens with zero attached hydrogens (tertiary/aromatic N) is 3. The maximum Gasteiger partial charge on any atom is 0.343 e. The second-order valence-electron chi connectivity index (χ2n) is 15.4. The Morgan fingerprint density at radius 3 is 2.29 bits per heavy atom. The van der Waals surface area contributed by atoms with Gasteiger partial charge in [0.15, 0.2) is 29.7 Å². The number of carbonyl (C=O) groups excluding carboxylic acids is 5. The number of nitro groups is 1. The molecule has 1 N–H and O–H groups in total. The number of aryl methyl sites for hydroxylation is 2. The third-order valence-electron chi connectivity index (χ3n) is 11.6. The summed E-state index contributed by atoms with van der Waals surface area (Å²) in [5, 5.41) is 24.6. The van der Waals surface area contributed by atoms with E-state index in [0.717, 1.165) is 56.4 Å². The van der Waals surface area contributed by atoms with Gasteiger partial charge in [-0.15, -0.1) is 0 Å². The van der Waals surface area contributed by atoms with E-state index in [4.69, 9.17) is 42.9 Å². The van der Waals surface area contributed by atoms with Crippen LogP contribution in [0.3, 0.4) is 0 Å². The van der Waals surface area contributed by atoms with Crippen LogP contribution in [0.5, 0.6) is 11.5 Å². The largest absolute Gasteiger partial charge is 0.489 e. The number of fused-ring (bicyclic) bond motifs is 5. The molecule has 4 aliphatic rings. The maximum atomic E-state index is 13.8. The molecule has 3 aliphatic heterocycles. The highest BCUT2D eigenvalue weighted by Gasteiger charge is 2.56. The maximum absolute atomic E-state index is 13.8. The molecule has 63 heavy (non-hydrogen) atoms. The smallest absolute Gasteiger partial charge is 0.343 e. The second-order valence-corrected chi connectivity index (χ2v) is 15.4. The van der Waals surface area contributed by atoms with Crippen LogP contribution in [0.4, 0.5) is 5.69 Å².